The van der Waals surface area contributed by atoms with Gasteiger partial charge in [0.1, 0.15) is 6.04 Å². The van der Waals surface area contributed by atoms with Crippen molar-refractivity contribution >= 4 is 27.3 Å². The van der Waals surface area contributed by atoms with Crippen LogP contribution < -0.4 is 9.62 Å². The van der Waals surface area contributed by atoms with E-state index in [1.54, 1.807) is 13.8 Å². The number of carbonyl (C=O) groups excluding carboxylic acids is 1. The largest absolute Gasteiger partial charge is 0.379 e. The molecule has 10 nitrogen and oxygen atoms in total. The lowest BCUT2D eigenvalue weighted by atomic mass is 10.1. The summed E-state index contributed by atoms with van der Waals surface area (Å²) in [5, 5.41) is 14.1. The van der Waals surface area contributed by atoms with Gasteiger partial charge in [-0.2, -0.15) is 0 Å². The molecule has 2 aromatic rings. The number of non-ortho nitro benzene ring substituents is 1. The fraction of sp³-hybridized carbons (Fsp3) is 0.458. The molecule has 1 N–H and O–H groups in total. The summed E-state index contributed by atoms with van der Waals surface area (Å²) in [6.07, 6.45) is 1.19. The maximum atomic E-state index is 13.1. The van der Waals surface area contributed by atoms with Gasteiger partial charge in [-0.1, -0.05) is 37.3 Å². The number of nitrogens with zero attached hydrogens (tertiary/aromatic N) is 3. The summed E-state index contributed by atoms with van der Waals surface area (Å²) in [5.74, 6) is -0.471. The third-order valence-electron chi connectivity index (χ3n) is 5.97. The number of sulfonamides is 1. The summed E-state index contributed by atoms with van der Waals surface area (Å²) in [7, 11) is -3.91. The van der Waals surface area contributed by atoms with Gasteiger partial charge in [-0.25, -0.2) is 8.42 Å². The van der Waals surface area contributed by atoms with Crippen LogP contribution in [0.25, 0.3) is 0 Å². The lowest BCUT2D eigenvalue weighted by Crippen LogP contribution is -2.49. The predicted octanol–water partition coefficient (Wildman–Crippen LogP) is 2.60. The van der Waals surface area contributed by atoms with Crippen LogP contribution >= 0.6 is 0 Å². The number of rotatable bonds is 10. The standard InChI is InChI=1S/C24H32N4O6S/c1-4-22(27(35(3,32)33)23-15-21(28(30)31)10-5-18(23)2)24(29)25-16-19-6-8-20(9-7-19)17-26-11-13-34-14-12-26/h5-10,15,22H,4,11-14,16-17H2,1-3H3,(H,25,29)/t22-/m1/s1. The molecule has 1 saturated heterocycles. The molecule has 0 radical (unpaired) electrons. The van der Waals surface area contributed by atoms with E-state index in [1.807, 2.05) is 24.3 Å². The van der Waals surface area contributed by atoms with Gasteiger partial charge < -0.3 is 10.1 Å². The van der Waals surface area contributed by atoms with Crippen molar-refractivity contribution < 1.29 is 22.9 Å². The third kappa shape index (κ3) is 7.00. The molecule has 1 fully saturated rings. The minimum absolute atomic E-state index is 0.121. The summed E-state index contributed by atoms with van der Waals surface area (Å²) in [4.78, 5) is 26.1. The molecule has 35 heavy (non-hydrogen) atoms. The number of nitro groups is 1. The number of aryl methyl sites for hydroxylation is 1. The van der Waals surface area contributed by atoms with E-state index in [0.717, 1.165) is 54.5 Å². The van der Waals surface area contributed by atoms with Crippen LogP contribution in [0.2, 0.25) is 0 Å². The molecule has 1 amide bonds. The van der Waals surface area contributed by atoms with Crippen LogP contribution in [0.5, 0.6) is 0 Å². The van der Waals surface area contributed by atoms with Crippen LogP contribution in [0.4, 0.5) is 11.4 Å². The molecule has 0 unspecified atom stereocenters. The van der Waals surface area contributed by atoms with Gasteiger partial charge in [-0.3, -0.25) is 24.1 Å². The van der Waals surface area contributed by atoms with Gasteiger partial charge in [0.05, 0.1) is 30.1 Å². The molecular formula is C24H32N4O6S. The van der Waals surface area contributed by atoms with Crippen molar-refractivity contribution in [2.75, 3.05) is 36.9 Å². The van der Waals surface area contributed by atoms with Crippen LogP contribution in [0.3, 0.4) is 0 Å². The quantitative estimate of drug-likeness (QED) is 0.390. The van der Waals surface area contributed by atoms with Crippen LogP contribution in [-0.2, 0) is 32.6 Å². The Morgan fingerprint density at radius 1 is 1.17 bits per heavy atom. The smallest absolute Gasteiger partial charge is 0.271 e. The van der Waals surface area contributed by atoms with Crippen molar-refractivity contribution in [2.24, 2.45) is 0 Å². The van der Waals surface area contributed by atoms with Crippen molar-refractivity contribution in [3.63, 3.8) is 0 Å². The molecule has 190 valence electrons. The second-order valence-corrected chi connectivity index (χ2v) is 10.5. The maximum absolute atomic E-state index is 13.1. The summed E-state index contributed by atoms with van der Waals surface area (Å²) >= 11 is 0. The fourth-order valence-corrected chi connectivity index (χ4v) is 5.33. The number of nitro benzene ring substituents is 1. The summed E-state index contributed by atoms with van der Waals surface area (Å²) in [6.45, 7) is 7.70. The first kappa shape index (κ1) is 26.6. The molecule has 1 atom stereocenters. The maximum Gasteiger partial charge on any atom is 0.271 e. The summed E-state index contributed by atoms with van der Waals surface area (Å²) in [5.41, 5.74) is 2.44. The van der Waals surface area contributed by atoms with E-state index in [-0.39, 0.29) is 24.3 Å². The molecule has 1 heterocycles. The second-order valence-electron chi connectivity index (χ2n) is 8.63. The zero-order valence-electron chi connectivity index (χ0n) is 20.3. The van der Waals surface area contributed by atoms with Gasteiger partial charge in [0.15, 0.2) is 0 Å². The van der Waals surface area contributed by atoms with Crippen LogP contribution in [0, 0.1) is 17.0 Å². The summed E-state index contributed by atoms with van der Waals surface area (Å²) in [6, 6.07) is 10.8. The number of benzene rings is 2. The zero-order chi connectivity index (χ0) is 25.6. The molecule has 11 heteroatoms. The highest BCUT2D eigenvalue weighted by Crippen LogP contribution is 2.30. The van der Waals surface area contributed by atoms with Crippen molar-refractivity contribution in [3.8, 4) is 0 Å². The van der Waals surface area contributed by atoms with E-state index in [0.29, 0.717) is 5.56 Å². The van der Waals surface area contributed by atoms with Gasteiger partial charge in [-0.15, -0.1) is 0 Å². The highest BCUT2D eigenvalue weighted by Gasteiger charge is 2.33. The van der Waals surface area contributed by atoms with Gasteiger partial charge in [0, 0.05) is 38.3 Å². The number of ether oxygens (including phenoxy) is 1. The van der Waals surface area contributed by atoms with Gasteiger partial charge >= 0.3 is 0 Å². The Labute approximate surface area is 206 Å². The molecule has 0 bridgehead atoms. The lowest BCUT2D eigenvalue weighted by molar-refractivity contribution is -0.384. The van der Waals surface area contributed by atoms with Crippen molar-refractivity contribution in [1.29, 1.82) is 0 Å². The minimum atomic E-state index is -3.91. The Balaban J connectivity index is 1.72. The van der Waals surface area contributed by atoms with Gasteiger partial charge in [-0.05, 0) is 30.0 Å². The van der Waals surface area contributed by atoms with Gasteiger partial charge in [0.2, 0.25) is 15.9 Å². The normalized spacial score (nSPS) is 15.4. The average Bonchev–Trinajstić information content (AvgIpc) is 2.82. The Morgan fingerprint density at radius 3 is 2.37 bits per heavy atom. The van der Waals surface area contributed by atoms with E-state index in [9.17, 15) is 23.3 Å². The molecule has 0 aromatic heterocycles. The molecule has 3 rings (SSSR count). The summed E-state index contributed by atoms with van der Waals surface area (Å²) < 4.78 is 31.8. The van der Waals surface area contributed by atoms with Crippen LogP contribution in [0.1, 0.15) is 30.0 Å². The first-order valence-corrected chi connectivity index (χ1v) is 13.3. The van der Waals surface area contributed by atoms with Gasteiger partial charge in [0.25, 0.3) is 5.69 Å². The number of morpholine rings is 1. The van der Waals surface area contributed by atoms with Crippen LogP contribution in [-0.4, -0.2) is 62.7 Å². The Kier molecular flexibility index (Phi) is 8.82. The topological polar surface area (TPSA) is 122 Å². The zero-order valence-corrected chi connectivity index (χ0v) is 21.1. The number of hydrogen-bond donors (Lipinski definition) is 1. The van der Waals surface area contributed by atoms with Crippen molar-refractivity contribution in [1.82, 2.24) is 10.2 Å². The molecule has 2 aromatic carbocycles. The van der Waals surface area contributed by atoms with E-state index < -0.39 is 26.9 Å². The molecule has 0 saturated carbocycles. The first-order valence-electron chi connectivity index (χ1n) is 11.5. The van der Waals surface area contributed by atoms with Crippen molar-refractivity contribution in [2.45, 2.75) is 39.4 Å². The molecule has 0 spiro atoms. The lowest BCUT2D eigenvalue weighted by Gasteiger charge is -2.31. The SMILES string of the molecule is CC[C@H](C(=O)NCc1ccc(CN2CCOCC2)cc1)N(c1cc([N+](=O)[O-])ccc1C)S(C)(=O)=O. The van der Waals surface area contributed by atoms with Crippen LogP contribution in [0.15, 0.2) is 42.5 Å². The molecule has 0 aliphatic carbocycles. The number of amides is 1. The molecule has 1 aliphatic rings. The fourth-order valence-electron chi connectivity index (χ4n) is 4.07. The highest BCUT2D eigenvalue weighted by molar-refractivity contribution is 7.92. The second kappa shape index (κ2) is 11.6. The number of nitrogens with one attached hydrogen (secondary N) is 1. The Hall–Kier alpha value is -3.02. The van der Waals surface area contributed by atoms with E-state index in [1.165, 1.54) is 18.2 Å². The third-order valence-corrected chi connectivity index (χ3v) is 7.14. The van der Waals surface area contributed by atoms with E-state index in [4.69, 9.17) is 4.74 Å². The first-order chi connectivity index (χ1) is 16.6. The number of hydrogen-bond acceptors (Lipinski definition) is 7. The Morgan fingerprint density at radius 2 is 1.80 bits per heavy atom. The minimum Gasteiger partial charge on any atom is -0.379 e. The number of carbonyl (C=O) groups is 1. The highest BCUT2D eigenvalue weighted by atomic mass is 32.2. The van der Waals surface area contributed by atoms with E-state index in [2.05, 4.69) is 10.2 Å². The predicted molar refractivity (Wildman–Crippen MR) is 134 cm³/mol. The molecule has 1 aliphatic heterocycles. The van der Waals surface area contributed by atoms with Crippen molar-refractivity contribution in [3.05, 3.63) is 69.3 Å². The van der Waals surface area contributed by atoms with E-state index >= 15 is 0 Å². The Bertz CT molecular complexity index is 1150. The molecular weight excluding hydrogens is 472 g/mol. The average molecular weight is 505 g/mol. The monoisotopic (exact) mass is 504 g/mol. The number of anilines is 1.